The third kappa shape index (κ3) is 2.33. The highest BCUT2D eigenvalue weighted by atomic mass is 32.1. The van der Waals surface area contributed by atoms with Crippen LogP contribution in [-0.4, -0.2) is 15.9 Å². The Hall–Kier alpha value is -2.80. The molecule has 4 rings (SSSR count). The van der Waals surface area contributed by atoms with Crippen LogP contribution in [0.3, 0.4) is 0 Å². The highest BCUT2D eigenvalue weighted by Gasteiger charge is 2.28. The molecular weight excluding hydrogens is 329 g/mol. The van der Waals surface area contributed by atoms with E-state index < -0.39 is 5.82 Å². The molecule has 4 heterocycles. The molecular formula is C17H12FN3O2S. The number of rotatable bonds is 3. The third-order valence-corrected chi connectivity index (χ3v) is 4.49. The number of halogens is 1. The Morgan fingerprint density at radius 2 is 2.12 bits per heavy atom. The van der Waals surface area contributed by atoms with E-state index in [9.17, 15) is 9.18 Å². The molecule has 0 aliphatic carbocycles. The maximum absolute atomic E-state index is 14.0. The summed E-state index contributed by atoms with van der Waals surface area (Å²) in [4.78, 5) is 22.0. The fourth-order valence-electron chi connectivity index (χ4n) is 2.67. The highest BCUT2D eigenvalue weighted by Crippen LogP contribution is 2.39. The molecule has 0 radical (unpaired) electrons. The van der Waals surface area contributed by atoms with Crippen LogP contribution in [0.4, 0.5) is 9.52 Å². The molecule has 0 saturated heterocycles. The van der Waals surface area contributed by atoms with Gasteiger partial charge in [0.2, 0.25) is 0 Å². The van der Waals surface area contributed by atoms with Gasteiger partial charge in [-0.3, -0.25) is 15.1 Å². The second-order valence-corrected chi connectivity index (χ2v) is 6.69. The van der Waals surface area contributed by atoms with Gasteiger partial charge in [-0.25, -0.2) is 9.37 Å². The number of aryl methyl sites for hydroxylation is 2. The Labute approximate surface area is 140 Å². The largest absolute Gasteiger partial charge is 0.453 e. The molecule has 1 N–H and O–H groups in total. The number of thiazole rings is 1. The van der Waals surface area contributed by atoms with Crippen molar-refractivity contribution in [2.24, 2.45) is 0 Å². The number of fused-ring (bicyclic) bond motifs is 2. The number of anilines is 1. The van der Waals surface area contributed by atoms with Gasteiger partial charge in [-0.2, -0.15) is 0 Å². The van der Waals surface area contributed by atoms with Gasteiger partial charge >= 0.3 is 0 Å². The molecule has 0 fully saturated rings. The lowest BCUT2D eigenvalue weighted by Crippen LogP contribution is -2.12. The molecule has 0 unspecified atom stereocenters. The van der Waals surface area contributed by atoms with Crippen molar-refractivity contribution in [3.05, 3.63) is 52.5 Å². The molecule has 24 heavy (non-hydrogen) atoms. The predicted octanol–water partition coefficient (Wildman–Crippen LogP) is 4.40. The summed E-state index contributed by atoms with van der Waals surface area (Å²) in [5.74, 6) is -0.848. The molecule has 5 nitrogen and oxygen atoms in total. The van der Waals surface area contributed by atoms with Crippen molar-refractivity contribution in [1.29, 1.82) is 0 Å². The molecule has 2 bridgehead atoms. The molecule has 0 aromatic carbocycles. The van der Waals surface area contributed by atoms with Crippen molar-refractivity contribution in [3.8, 4) is 11.1 Å². The van der Waals surface area contributed by atoms with E-state index in [0.29, 0.717) is 21.8 Å². The molecule has 7 heteroatoms. The summed E-state index contributed by atoms with van der Waals surface area (Å²) in [5, 5.41) is 3.24. The first-order chi connectivity index (χ1) is 11.5. The number of carbonyl (C=O) groups is 1. The fraction of sp³-hybridized carbons (Fsp3) is 0.118. The molecule has 1 amide bonds. The van der Waals surface area contributed by atoms with Crippen LogP contribution >= 0.6 is 11.3 Å². The Morgan fingerprint density at radius 1 is 1.29 bits per heavy atom. The van der Waals surface area contributed by atoms with Crippen LogP contribution in [0, 0.1) is 19.7 Å². The summed E-state index contributed by atoms with van der Waals surface area (Å²) in [6.45, 7) is 3.74. The second kappa shape index (κ2) is 5.38. The number of nitrogens with one attached hydrogen (secondary N) is 1. The number of nitrogens with zero attached hydrogens (tertiary/aromatic N) is 2. The van der Waals surface area contributed by atoms with Gasteiger partial charge in [0.25, 0.3) is 5.91 Å². The summed E-state index contributed by atoms with van der Waals surface area (Å²) in [6.07, 6.45) is 3.30. The van der Waals surface area contributed by atoms with Gasteiger partial charge in [0.1, 0.15) is 5.58 Å². The maximum atomic E-state index is 14.0. The van der Waals surface area contributed by atoms with Crippen LogP contribution in [0.15, 0.2) is 35.0 Å². The van der Waals surface area contributed by atoms with E-state index in [1.54, 1.807) is 24.5 Å². The monoisotopic (exact) mass is 341 g/mol. The highest BCUT2D eigenvalue weighted by molar-refractivity contribution is 7.15. The van der Waals surface area contributed by atoms with Crippen molar-refractivity contribution in [2.75, 3.05) is 5.32 Å². The quantitative estimate of drug-likeness (QED) is 0.600. The normalized spacial score (nSPS) is 11.3. The summed E-state index contributed by atoms with van der Waals surface area (Å²) in [7, 11) is 0. The molecule has 0 aliphatic rings. The maximum Gasteiger partial charge on any atom is 0.262 e. The fourth-order valence-corrected chi connectivity index (χ4v) is 3.33. The summed E-state index contributed by atoms with van der Waals surface area (Å²) >= 11 is 1.37. The van der Waals surface area contributed by atoms with Gasteiger partial charge in [-0.05, 0) is 31.5 Å². The molecule has 4 aromatic rings. The standard InChI is InChI=1S/C17H12FN3O2S/c1-8-5-10(3-4-19-8)13-14(12-6-11(18)15(13)23-12)16(22)21-17-20-7-9(2)24-17/h3-7H,1-2H3,(H,20,21,22). The molecule has 4 aromatic heterocycles. The van der Waals surface area contributed by atoms with E-state index >= 15 is 0 Å². The molecule has 0 saturated carbocycles. The van der Waals surface area contributed by atoms with Crippen LogP contribution in [-0.2, 0) is 0 Å². The van der Waals surface area contributed by atoms with Gasteiger partial charge in [-0.15, -0.1) is 11.3 Å². The minimum absolute atomic E-state index is 0.0797. The number of hydrogen-bond acceptors (Lipinski definition) is 5. The lowest BCUT2D eigenvalue weighted by molar-refractivity contribution is 0.102. The Morgan fingerprint density at radius 3 is 2.83 bits per heavy atom. The van der Waals surface area contributed by atoms with Crippen LogP contribution in [0.1, 0.15) is 20.9 Å². The van der Waals surface area contributed by atoms with Crippen molar-refractivity contribution >= 4 is 33.5 Å². The molecule has 0 atom stereocenters. The minimum Gasteiger partial charge on any atom is -0.453 e. The number of aromatic nitrogens is 2. The van der Waals surface area contributed by atoms with Crippen LogP contribution in [0.5, 0.6) is 0 Å². The first-order valence-corrected chi connectivity index (χ1v) is 8.06. The van der Waals surface area contributed by atoms with Crippen LogP contribution in [0.2, 0.25) is 0 Å². The van der Waals surface area contributed by atoms with E-state index in [4.69, 9.17) is 4.42 Å². The second-order valence-electron chi connectivity index (χ2n) is 5.45. The minimum atomic E-state index is -0.476. The topological polar surface area (TPSA) is 68.0 Å². The Bertz CT molecular complexity index is 1050. The van der Waals surface area contributed by atoms with E-state index in [1.165, 1.54) is 17.4 Å². The van der Waals surface area contributed by atoms with Crippen LogP contribution in [0.25, 0.3) is 22.3 Å². The number of hydrogen-bond donors (Lipinski definition) is 1. The van der Waals surface area contributed by atoms with Crippen LogP contribution < -0.4 is 5.32 Å². The average Bonchev–Trinajstić information content (AvgIpc) is 3.21. The van der Waals surface area contributed by atoms with E-state index in [-0.39, 0.29) is 17.1 Å². The summed E-state index contributed by atoms with van der Waals surface area (Å²) < 4.78 is 19.5. The number of benzene rings is 1. The smallest absolute Gasteiger partial charge is 0.262 e. The average molecular weight is 341 g/mol. The van der Waals surface area contributed by atoms with Crippen molar-refractivity contribution in [3.63, 3.8) is 0 Å². The number of amides is 1. The predicted molar refractivity (Wildman–Crippen MR) is 90.1 cm³/mol. The van der Waals surface area contributed by atoms with Gasteiger partial charge in [0.05, 0.1) is 5.56 Å². The lowest BCUT2D eigenvalue weighted by Gasteiger charge is -2.06. The zero-order valence-corrected chi connectivity index (χ0v) is 13.7. The summed E-state index contributed by atoms with van der Waals surface area (Å²) in [6, 6.07) is 4.75. The van der Waals surface area contributed by atoms with E-state index in [2.05, 4.69) is 15.3 Å². The molecule has 120 valence electrons. The SMILES string of the molecule is Cc1cc(-c2c(C(=O)Nc3ncc(C)s3)c3cc(F)c2o3)ccn1. The number of furan rings is 2. The Kier molecular flexibility index (Phi) is 3.31. The van der Waals surface area contributed by atoms with E-state index in [0.717, 1.165) is 10.6 Å². The van der Waals surface area contributed by atoms with Gasteiger partial charge in [-0.1, -0.05) is 0 Å². The zero-order chi connectivity index (χ0) is 16.8. The number of carbonyl (C=O) groups excluding carboxylic acids is 1. The van der Waals surface area contributed by atoms with E-state index in [1.807, 2.05) is 13.8 Å². The zero-order valence-electron chi connectivity index (χ0n) is 12.9. The van der Waals surface area contributed by atoms with Crippen molar-refractivity contribution in [2.45, 2.75) is 13.8 Å². The Balaban J connectivity index is 1.82. The van der Waals surface area contributed by atoms with Gasteiger partial charge in [0, 0.05) is 34.6 Å². The van der Waals surface area contributed by atoms with Gasteiger partial charge in [0.15, 0.2) is 16.5 Å². The van der Waals surface area contributed by atoms with Crippen molar-refractivity contribution in [1.82, 2.24) is 9.97 Å². The van der Waals surface area contributed by atoms with Gasteiger partial charge < -0.3 is 4.42 Å². The number of pyridine rings is 1. The summed E-state index contributed by atoms with van der Waals surface area (Å²) in [5.41, 5.74) is 2.52. The molecule has 0 spiro atoms. The first kappa shape index (κ1) is 14.8. The molecule has 0 aliphatic heterocycles. The van der Waals surface area contributed by atoms with Crippen molar-refractivity contribution < 1.29 is 13.6 Å². The first-order valence-electron chi connectivity index (χ1n) is 7.24. The third-order valence-electron chi connectivity index (χ3n) is 3.66. The lowest BCUT2D eigenvalue weighted by atomic mass is 9.99.